The number of benzene rings is 1. The molecular weight excluding hydrogens is 268 g/mol. The van der Waals surface area contributed by atoms with Gasteiger partial charge >= 0.3 is 5.97 Å². The van der Waals surface area contributed by atoms with E-state index >= 15 is 0 Å². The maximum atomic E-state index is 11.1. The van der Waals surface area contributed by atoms with E-state index in [9.17, 15) is 4.79 Å². The van der Waals surface area contributed by atoms with Crippen LogP contribution in [0, 0.1) is 11.8 Å². The van der Waals surface area contributed by atoms with E-state index in [1.54, 1.807) is 7.11 Å². The number of rotatable bonds is 6. The molecule has 116 valence electrons. The molecule has 0 radical (unpaired) electrons. The van der Waals surface area contributed by atoms with E-state index < -0.39 is 0 Å². The summed E-state index contributed by atoms with van der Waals surface area (Å²) in [6.45, 7) is 4.21. The first kappa shape index (κ1) is 16.0. The van der Waals surface area contributed by atoms with E-state index in [-0.39, 0.29) is 18.4 Å². The molecule has 4 heteroatoms. The molecule has 4 atom stereocenters. The predicted octanol–water partition coefficient (Wildman–Crippen LogP) is 3.33. The summed E-state index contributed by atoms with van der Waals surface area (Å²) >= 11 is 0. The summed E-state index contributed by atoms with van der Waals surface area (Å²) in [6, 6.07) is 9.90. The first-order chi connectivity index (χ1) is 10.1. The van der Waals surface area contributed by atoms with Crippen LogP contribution in [0.1, 0.15) is 38.5 Å². The smallest absolute Gasteiger partial charge is 0.302 e. The van der Waals surface area contributed by atoms with E-state index in [1.165, 1.54) is 6.92 Å². The quantitative estimate of drug-likeness (QED) is 0.596. The molecule has 0 aromatic heterocycles. The second-order valence-corrected chi connectivity index (χ2v) is 5.66. The second kappa shape index (κ2) is 7.57. The first-order valence-electron chi connectivity index (χ1n) is 7.48. The van der Waals surface area contributed by atoms with Crippen molar-refractivity contribution in [2.24, 2.45) is 11.8 Å². The highest BCUT2D eigenvalue weighted by Gasteiger charge is 2.35. The lowest BCUT2D eigenvalue weighted by Crippen LogP contribution is -2.24. The molecule has 0 amide bonds. The van der Waals surface area contributed by atoms with Gasteiger partial charge in [0.05, 0.1) is 6.61 Å². The van der Waals surface area contributed by atoms with E-state index in [4.69, 9.17) is 14.2 Å². The maximum Gasteiger partial charge on any atom is 0.302 e. The summed E-state index contributed by atoms with van der Waals surface area (Å²) in [5.41, 5.74) is 1.02. The highest BCUT2D eigenvalue weighted by Crippen LogP contribution is 2.35. The molecule has 0 spiro atoms. The van der Waals surface area contributed by atoms with Crippen LogP contribution in [0.4, 0.5) is 0 Å². The van der Waals surface area contributed by atoms with Crippen LogP contribution in [0.25, 0.3) is 0 Å². The molecule has 1 fully saturated rings. The van der Waals surface area contributed by atoms with Crippen molar-refractivity contribution < 1.29 is 19.0 Å². The Bertz CT molecular complexity index is 445. The average Bonchev–Trinajstić information content (AvgIpc) is 2.81. The molecule has 1 aliphatic rings. The molecule has 0 aliphatic heterocycles. The van der Waals surface area contributed by atoms with Gasteiger partial charge in [0.15, 0.2) is 6.29 Å². The number of esters is 1. The third-order valence-electron chi connectivity index (χ3n) is 4.22. The fraction of sp³-hybridized carbons (Fsp3) is 0.588. The Kier molecular flexibility index (Phi) is 5.76. The number of carbonyl (C=O) groups excluding carboxylic acids is 1. The Balaban J connectivity index is 1.86. The summed E-state index contributed by atoms with van der Waals surface area (Å²) < 4.78 is 16.7. The lowest BCUT2D eigenvalue weighted by molar-refractivity contribution is -0.151. The van der Waals surface area contributed by atoms with Gasteiger partial charge in [-0.25, -0.2) is 0 Å². The normalized spacial score (nSPS) is 26.5. The summed E-state index contributed by atoms with van der Waals surface area (Å²) in [6.07, 6.45) is 1.61. The second-order valence-electron chi connectivity index (χ2n) is 5.66. The fourth-order valence-corrected chi connectivity index (χ4v) is 2.94. The van der Waals surface area contributed by atoms with Gasteiger partial charge in [-0.15, -0.1) is 0 Å². The number of hydrogen-bond acceptors (Lipinski definition) is 4. The lowest BCUT2D eigenvalue weighted by atomic mass is 9.98. The zero-order chi connectivity index (χ0) is 15.2. The van der Waals surface area contributed by atoms with Crippen LogP contribution in [0.3, 0.4) is 0 Å². The lowest BCUT2D eigenvalue weighted by Gasteiger charge is -2.23. The molecule has 2 unspecified atom stereocenters. The Morgan fingerprint density at radius 3 is 2.62 bits per heavy atom. The average molecular weight is 292 g/mol. The van der Waals surface area contributed by atoms with Crippen LogP contribution >= 0.6 is 0 Å². The van der Waals surface area contributed by atoms with Crippen molar-refractivity contribution in [3.63, 3.8) is 0 Å². The van der Waals surface area contributed by atoms with Crippen LogP contribution in [-0.4, -0.2) is 25.8 Å². The largest absolute Gasteiger partial charge is 0.462 e. The standard InChI is InChI=1S/C17H24O4/c1-12-15(9-10-16(12)21-13(2)18)11-20-17(19-3)14-7-5-4-6-8-14/h4-8,12,15-17H,9-11H2,1-3H3/t12-,15?,16+,17?/m0/s1. The monoisotopic (exact) mass is 292 g/mol. The maximum absolute atomic E-state index is 11.1. The van der Waals surface area contributed by atoms with Crippen LogP contribution in [-0.2, 0) is 19.0 Å². The number of methoxy groups -OCH3 is 1. The van der Waals surface area contributed by atoms with Crippen molar-refractivity contribution >= 4 is 5.97 Å². The van der Waals surface area contributed by atoms with Crippen LogP contribution < -0.4 is 0 Å². The zero-order valence-electron chi connectivity index (χ0n) is 13.0. The van der Waals surface area contributed by atoms with Crippen molar-refractivity contribution in [2.45, 2.75) is 39.1 Å². The van der Waals surface area contributed by atoms with Gasteiger partial charge < -0.3 is 14.2 Å². The summed E-state index contributed by atoms with van der Waals surface area (Å²) in [5, 5.41) is 0. The molecule has 1 aliphatic carbocycles. The van der Waals surface area contributed by atoms with E-state index in [0.717, 1.165) is 18.4 Å². The Morgan fingerprint density at radius 1 is 1.29 bits per heavy atom. The van der Waals surface area contributed by atoms with E-state index in [0.29, 0.717) is 18.4 Å². The Labute approximate surface area is 126 Å². The molecule has 0 bridgehead atoms. The SMILES string of the molecule is COC(OCC1CC[C@@H](OC(C)=O)[C@H]1C)c1ccccc1. The van der Waals surface area contributed by atoms with Gasteiger partial charge in [0, 0.05) is 19.6 Å². The highest BCUT2D eigenvalue weighted by atomic mass is 16.7. The van der Waals surface area contributed by atoms with Gasteiger partial charge in [-0.2, -0.15) is 0 Å². The molecular formula is C17H24O4. The van der Waals surface area contributed by atoms with E-state index in [1.807, 2.05) is 30.3 Å². The van der Waals surface area contributed by atoms with Gasteiger partial charge in [-0.1, -0.05) is 37.3 Å². The summed E-state index contributed by atoms with van der Waals surface area (Å²) in [4.78, 5) is 11.1. The number of hydrogen-bond donors (Lipinski definition) is 0. The third kappa shape index (κ3) is 4.29. The molecule has 1 aromatic rings. The van der Waals surface area contributed by atoms with Gasteiger partial charge in [0.1, 0.15) is 6.10 Å². The predicted molar refractivity (Wildman–Crippen MR) is 79.6 cm³/mol. The van der Waals surface area contributed by atoms with Crippen molar-refractivity contribution in [3.8, 4) is 0 Å². The minimum absolute atomic E-state index is 0.0221. The Morgan fingerprint density at radius 2 is 2.00 bits per heavy atom. The molecule has 1 saturated carbocycles. The van der Waals surface area contributed by atoms with Gasteiger partial charge in [0.2, 0.25) is 0 Å². The van der Waals surface area contributed by atoms with Crippen LogP contribution in [0.2, 0.25) is 0 Å². The fourth-order valence-electron chi connectivity index (χ4n) is 2.94. The topological polar surface area (TPSA) is 44.8 Å². The molecule has 2 rings (SSSR count). The van der Waals surface area contributed by atoms with Crippen LogP contribution in [0.15, 0.2) is 30.3 Å². The van der Waals surface area contributed by atoms with Crippen molar-refractivity contribution in [3.05, 3.63) is 35.9 Å². The molecule has 21 heavy (non-hydrogen) atoms. The highest BCUT2D eigenvalue weighted by molar-refractivity contribution is 5.66. The molecule has 4 nitrogen and oxygen atoms in total. The molecule has 0 heterocycles. The summed E-state index contributed by atoms with van der Waals surface area (Å²) in [7, 11) is 1.65. The van der Waals surface area contributed by atoms with Crippen molar-refractivity contribution in [1.82, 2.24) is 0 Å². The van der Waals surface area contributed by atoms with Gasteiger partial charge in [-0.3, -0.25) is 4.79 Å². The first-order valence-corrected chi connectivity index (χ1v) is 7.48. The Hall–Kier alpha value is -1.39. The van der Waals surface area contributed by atoms with Gasteiger partial charge in [0.25, 0.3) is 0 Å². The molecule has 1 aromatic carbocycles. The molecule has 0 N–H and O–H groups in total. The molecule has 0 saturated heterocycles. The third-order valence-corrected chi connectivity index (χ3v) is 4.22. The minimum Gasteiger partial charge on any atom is -0.462 e. The van der Waals surface area contributed by atoms with Gasteiger partial charge in [-0.05, 0) is 24.7 Å². The zero-order valence-corrected chi connectivity index (χ0v) is 13.0. The van der Waals surface area contributed by atoms with Crippen molar-refractivity contribution in [2.75, 3.05) is 13.7 Å². The number of carbonyl (C=O) groups is 1. The van der Waals surface area contributed by atoms with E-state index in [2.05, 4.69) is 6.92 Å². The van der Waals surface area contributed by atoms with Crippen LogP contribution in [0.5, 0.6) is 0 Å². The summed E-state index contributed by atoms with van der Waals surface area (Å²) in [5.74, 6) is 0.519. The van der Waals surface area contributed by atoms with Crippen molar-refractivity contribution in [1.29, 1.82) is 0 Å². The minimum atomic E-state index is -0.342. The number of ether oxygens (including phenoxy) is 3.